The Morgan fingerprint density at radius 3 is 2.94 bits per heavy atom. The van der Waals surface area contributed by atoms with E-state index in [-0.39, 0.29) is 11.9 Å². The molecule has 1 aromatic rings. The minimum absolute atomic E-state index is 0.162. The summed E-state index contributed by atoms with van der Waals surface area (Å²) in [6.45, 7) is 1.51. The van der Waals surface area contributed by atoms with Crippen LogP contribution in [0.5, 0.6) is 0 Å². The van der Waals surface area contributed by atoms with E-state index in [9.17, 15) is 4.79 Å². The molecule has 2 rings (SSSR count). The highest BCUT2D eigenvalue weighted by molar-refractivity contribution is 8.00. The zero-order valence-electron chi connectivity index (χ0n) is 9.00. The van der Waals surface area contributed by atoms with Gasteiger partial charge in [-0.05, 0) is 18.6 Å². The molecule has 0 saturated carbocycles. The Morgan fingerprint density at radius 2 is 2.31 bits per heavy atom. The van der Waals surface area contributed by atoms with Crippen LogP contribution >= 0.6 is 11.8 Å². The number of aromatic nitrogens is 1. The smallest absolute Gasteiger partial charge is 0.232 e. The highest BCUT2D eigenvalue weighted by Gasteiger charge is 2.23. The summed E-state index contributed by atoms with van der Waals surface area (Å²) in [6, 6.07) is 3.98. The van der Waals surface area contributed by atoms with Crippen LogP contribution in [-0.2, 0) is 4.79 Å². The lowest BCUT2D eigenvalue weighted by Gasteiger charge is -2.15. The van der Waals surface area contributed by atoms with Gasteiger partial charge in [-0.15, -0.1) is 11.8 Å². The fourth-order valence-electron chi connectivity index (χ4n) is 1.68. The van der Waals surface area contributed by atoms with Crippen LogP contribution in [0, 0.1) is 0 Å². The summed E-state index contributed by atoms with van der Waals surface area (Å²) in [6.07, 6.45) is 4.39. The molecule has 2 N–H and O–H groups in total. The maximum atomic E-state index is 11.8. The Labute approximate surface area is 99.2 Å². The third-order valence-corrected chi connectivity index (χ3v) is 3.59. The summed E-state index contributed by atoms with van der Waals surface area (Å²) < 4.78 is 0. The van der Waals surface area contributed by atoms with E-state index in [1.54, 1.807) is 24.2 Å². The first-order valence-electron chi connectivity index (χ1n) is 5.32. The Balaban J connectivity index is 1.80. The van der Waals surface area contributed by atoms with Crippen molar-refractivity contribution in [3.05, 3.63) is 24.5 Å². The summed E-state index contributed by atoms with van der Waals surface area (Å²) >= 11 is 1.54. The zero-order chi connectivity index (χ0) is 11.4. The molecule has 0 unspecified atom stereocenters. The van der Waals surface area contributed by atoms with E-state index >= 15 is 0 Å². The molecule has 1 aromatic heterocycles. The van der Waals surface area contributed by atoms with Crippen molar-refractivity contribution in [1.82, 2.24) is 9.88 Å². The third kappa shape index (κ3) is 2.96. The summed E-state index contributed by atoms with van der Waals surface area (Å²) in [5.74, 6) is 0.659. The molecule has 4 nitrogen and oxygen atoms in total. The quantitative estimate of drug-likeness (QED) is 0.787. The average molecular weight is 237 g/mol. The number of rotatable bonds is 3. The zero-order valence-corrected chi connectivity index (χ0v) is 9.82. The molecule has 1 saturated heterocycles. The maximum Gasteiger partial charge on any atom is 0.232 e. The third-order valence-electron chi connectivity index (χ3n) is 2.59. The number of thioether (sulfide) groups is 1. The van der Waals surface area contributed by atoms with Crippen molar-refractivity contribution in [1.29, 1.82) is 0 Å². The number of pyridine rings is 1. The molecule has 1 aliphatic rings. The van der Waals surface area contributed by atoms with Gasteiger partial charge in [0.05, 0.1) is 5.75 Å². The number of amides is 1. The lowest BCUT2D eigenvalue weighted by molar-refractivity contribution is -0.127. The Morgan fingerprint density at radius 1 is 1.56 bits per heavy atom. The second kappa shape index (κ2) is 5.32. The minimum Gasteiger partial charge on any atom is -0.340 e. The Bertz CT molecular complexity index is 358. The first kappa shape index (κ1) is 11.4. The molecule has 0 spiro atoms. The molecule has 1 aliphatic heterocycles. The molecular formula is C11H15N3OS. The number of nitrogens with zero attached hydrogens (tertiary/aromatic N) is 2. The van der Waals surface area contributed by atoms with Gasteiger partial charge in [0.15, 0.2) is 0 Å². The van der Waals surface area contributed by atoms with E-state index < -0.39 is 0 Å². The van der Waals surface area contributed by atoms with E-state index in [2.05, 4.69) is 4.98 Å². The molecule has 86 valence electrons. The number of hydrogen-bond acceptors (Lipinski definition) is 4. The Hall–Kier alpha value is -1.07. The van der Waals surface area contributed by atoms with E-state index in [1.807, 2.05) is 17.0 Å². The summed E-state index contributed by atoms with van der Waals surface area (Å²) in [5, 5.41) is 0. The van der Waals surface area contributed by atoms with Gasteiger partial charge in [-0.3, -0.25) is 9.78 Å². The van der Waals surface area contributed by atoms with E-state index in [0.29, 0.717) is 12.3 Å². The first-order chi connectivity index (χ1) is 7.75. The fourth-order valence-corrected chi connectivity index (χ4v) is 2.47. The van der Waals surface area contributed by atoms with Gasteiger partial charge < -0.3 is 10.6 Å². The van der Waals surface area contributed by atoms with Gasteiger partial charge in [0, 0.05) is 36.4 Å². The second-order valence-corrected chi connectivity index (χ2v) is 4.91. The van der Waals surface area contributed by atoms with Crippen molar-refractivity contribution in [2.45, 2.75) is 17.4 Å². The normalized spacial score (nSPS) is 20.1. The van der Waals surface area contributed by atoms with Crippen molar-refractivity contribution in [2.75, 3.05) is 18.8 Å². The van der Waals surface area contributed by atoms with Gasteiger partial charge in [0.25, 0.3) is 0 Å². The molecule has 0 aromatic carbocycles. The predicted molar refractivity (Wildman–Crippen MR) is 64.1 cm³/mol. The van der Waals surface area contributed by atoms with Crippen LogP contribution < -0.4 is 5.73 Å². The number of carbonyl (C=O) groups is 1. The number of likely N-dealkylation sites (tertiary alicyclic amines) is 1. The largest absolute Gasteiger partial charge is 0.340 e. The van der Waals surface area contributed by atoms with Gasteiger partial charge >= 0.3 is 0 Å². The predicted octanol–water partition coefficient (Wildman–Crippen LogP) is 0.733. The van der Waals surface area contributed by atoms with E-state index in [4.69, 9.17) is 5.73 Å². The number of hydrogen-bond donors (Lipinski definition) is 1. The van der Waals surface area contributed by atoms with Crippen LogP contribution in [-0.4, -0.2) is 40.7 Å². The molecule has 5 heteroatoms. The van der Waals surface area contributed by atoms with Crippen molar-refractivity contribution >= 4 is 17.7 Å². The van der Waals surface area contributed by atoms with Crippen LogP contribution in [0.15, 0.2) is 29.4 Å². The monoisotopic (exact) mass is 237 g/mol. The standard InChI is InChI=1S/C11H15N3OS/c12-9-3-6-14(7-9)11(15)8-16-10-1-4-13-5-2-10/h1-2,4-5,9H,3,6-8,12H2/t9-/m0/s1. The minimum atomic E-state index is 0.162. The molecule has 16 heavy (non-hydrogen) atoms. The lowest BCUT2D eigenvalue weighted by Crippen LogP contribution is -2.33. The molecule has 1 atom stereocenters. The SMILES string of the molecule is N[C@H]1CCN(C(=O)CSc2ccncc2)C1. The molecule has 1 amide bonds. The van der Waals surface area contributed by atoms with Crippen LogP contribution in [0.4, 0.5) is 0 Å². The second-order valence-electron chi connectivity index (χ2n) is 3.86. The van der Waals surface area contributed by atoms with E-state index in [0.717, 1.165) is 17.9 Å². The van der Waals surface area contributed by atoms with Crippen molar-refractivity contribution < 1.29 is 4.79 Å². The summed E-state index contributed by atoms with van der Waals surface area (Å²) in [4.78, 5) is 18.7. The van der Waals surface area contributed by atoms with Gasteiger partial charge in [-0.2, -0.15) is 0 Å². The lowest BCUT2D eigenvalue weighted by atomic mass is 10.3. The molecule has 0 aliphatic carbocycles. The fraction of sp³-hybridized carbons (Fsp3) is 0.455. The summed E-state index contributed by atoms with van der Waals surface area (Å²) in [5.41, 5.74) is 5.76. The molecule has 0 bridgehead atoms. The van der Waals surface area contributed by atoms with Gasteiger partial charge in [0.1, 0.15) is 0 Å². The van der Waals surface area contributed by atoms with Gasteiger partial charge in [-0.25, -0.2) is 0 Å². The molecule has 2 heterocycles. The van der Waals surface area contributed by atoms with Crippen molar-refractivity contribution in [3.8, 4) is 0 Å². The number of carbonyl (C=O) groups excluding carboxylic acids is 1. The van der Waals surface area contributed by atoms with Crippen LogP contribution in [0.3, 0.4) is 0 Å². The van der Waals surface area contributed by atoms with Crippen molar-refractivity contribution in [3.63, 3.8) is 0 Å². The topological polar surface area (TPSA) is 59.2 Å². The molecular weight excluding hydrogens is 222 g/mol. The highest BCUT2D eigenvalue weighted by atomic mass is 32.2. The Kier molecular flexibility index (Phi) is 3.79. The first-order valence-corrected chi connectivity index (χ1v) is 6.30. The highest BCUT2D eigenvalue weighted by Crippen LogP contribution is 2.18. The maximum absolute atomic E-state index is 11.8. The van der Waals surface area contributed by atoms with Crippen LogP contribution in [0.25, 0.3) is 0 Å². The van der Waals surface area contributed by atoms with Gasteiger partial charge in [-0.1, -0.05) is 0 Å². The van der Waals surface area contributed by atoms with Crippen molar-refractivity contribution in [2.24, 2.45) is 5.73 Å². The molecule has 1 fully saturated rings. The summed E-state index contributed by atoms with van der Waals surface area (Å²) in [7, 11) is 0. The average Bonchev–Trinajstić information content (AvgIpc) is 2.74. The van der Waals surface area contributed by atoms with Crippen LogP contribution in [0.2, 0.25) is 0 Å². The van der Waals surface area contributed by atoms with Crippen LogP contribution in [0.1, 0.15) is 6.42 Å². The number of nitrogens with two attached hydrogens (primary N) is 1. The molecule has 0 radical (unpaired) electrons. The van der Waals surface area contributed by atoms with E-state index in [1.165, 1.54) is 0 Å². The van der Waals surface area contributed by atoms with Gasteiger partial charge in [0.2, 0.25) is 5.91 Å².